The summed E-state index contributed by atoms with van der Waals surface area (Å²) in [5.41, 5.74) is 1.41. The molecular weight excluding hydrogens is 338 g/mol. The maximum atomic E-state index is 12.0. The standard InChI is InChI=1S/C18H15N3O3S/c1-24-14-7-8-15(22)13(10-14)11-19-21-18-20-17(23)16(25-18)9-12-5-3-2-4-6-12/h2-11,22H,1H3,(H,20,21,23)/b16-9+,19-11-. The van der Waals surface area contributed by atoms with Crippen molar-refractivity contribution in [2.75, 3.05) is 7.11 Å². The molecule has 0 spiro atoms. The summed E-state index contributed by atoms with van der Waals surface area (Å²) < 4.78 is 5.10. The van der Waals surface area contributed by atoms with E-state index < -0.39 is 0 Å². The molecule has 2 aromatic rings. The van der Waals surface area contributed by atoms with Gasteiger partial charge in [0, 0.05) is 5.56 Å². The number of carbonyl (C=O) groups excluding carboxylic acids is 1. The molecule has 0 unspecified atom stereocenters. The van der Waals surface area contributed by atoms with E-state index in [9.17, 15) is 9.90 Å². The van der Waals surface area contributed by atoms with Crippen LogP contribution in [0.1, 0.15) is 11.1 Å². The minimum absolute atomic E-state index is 0.0672. The first-order valence-corrected chi connectivity index (χ1v) is 8.21. The van der Waals surface area contributed by atoms with Gasteiger partial charge in [0.2, 0.25) is 0 Å². The van der Waals surface area contributed by atoms with Crippen molar-refractivity contribution in [3.05, 3.63) is 64.6 Å². The number of amidine groups is 1. The molecule has 7 heteroatoms. The van der Waals surface area contributed by atoms with Crippen molar-refractivity contribution in [3.63, 3.8) is 0 Å². The van der Waals surface area contributed by atoms with Gasteiger partial charge in [-0.1, -0.05) is 30.3 Å². The summed E-state index contributed by atoms with van der Waals surface area (Å²) in [7, 11) is 1.54. The highest BCUT2D eigenvalue weighted by Gasteiger charge is 2.23. The minimum atomic E-state index is -0.216. The Hall–Kier alpha value is -3.06. The Morgan fingerprint density at radius 3 is 2.76 bits per heavy atom. The summed E-state index contributed by atoms with van der Waals surface area (Å²) in [6, 6.07) is 14.4. The lowest BCUT2D eigenvalue weighted by atomic mass is 10.2. The number of carbonyl (C=O) groups is 1. The summed E-state index contributed by atoms with van der Waals surface area (Å²) in [4.78, 5) is 12.5. The van der Waals surface area contributed by atoms with Gasteiger partial charge in [-0.25, -0.2) is 0 Å². The van der Waals surface area contributed by atoms with Crippen LogP contribution in [0.3, 0.4) is 0 Å². The Morgan fingerprint density at radius 1 is 1.20 bits per heavy atom. The fourth-order valence-electron chi connectivity index (χ4n) is 2.08. The topological polar surface area (TPSA) is 83.3 Å². The molecule has 3 rings (SSSR count). The van der Waals surface area contributed by atoms with Gasteiger partial charge in [-0.3, -0.25) is 10.1 Å². The van der Waals surface area contributed by atoms with E-state index in [4.69, 9.17) is 4.74 Å². The fourth-order valence-corrected chi connectivity index (χ4v) is 2.86. The van der Waals surface area contributed by atoms with E-state index >= 15 is 0 Å². The number of hydrogen-bond acceptors (Lipinski definition) is 6. The molecule has 0 saturated carbocycles. The summed E-state index contributed by atoms with van der Waals surface area (Å²) in [5, 5.41) is 20.7. The third kappa shape index (κ3) is 4.27. The predicted octanol–water partition coefficient (Wildman–Crippen LogP) is 2.99. The van der Waals surface area contributed by atoms with Crippen molar-refractivity contribution in [3.8, 4) is 11.5 Å². The number of aromatic hydroxyl groups is 1. The normalized spacial score (nSPS) is 17.4. The maximum Gasteiger partial charge on any atom is 0.264 e. The molecule has 0 aromatic heterocycles. The largest absolute Gasteiger partial charge is 0.507 e. The molecular formula is C18H15N3O3S. The van der Waals surface area contributed by atoms with Gasteiger partial charge in [-0.2, -0.15) is 5.10 Å². The van der Waals surface area contributed by atoms with E-state index in [1.54, 1.807) is 25.3 Å². The van der Waals surface area contributed by atoms with Gasteiger partial charge in [-0.15, -0.1) is 5.10 Å². The number of amides is 1. The van der Waals surface area contributed by atoms with E-state index in [0.29, 0.717) is 21.4 Å². The number of ether oxygens (including phenoxy) is 1. The van der Waals surface area contributed by atoms with Crippen molar-refractivity contribution in [1.29, 1.82) is 0 Å². The van der Waals surface area contributed by atoms with Crippen LogP contribution < -0.4 is 10.1 Å². The van der Waals surface area contributed by atoms with Crippen LogP contribution in [0, 0.1) is 0 Å². The molecule has 0 radical (unpaired) electrons. The third-order valence-corrected chi connectivity index (χ3v) is 4.23. The molecule has 1 fully saturated rings. The lowest BCUT2D eigenvalue weighted by molar-refractivity contribution is -0.115. The molecule has 2 N–H and O–H groups in total. The lowest BCUT2D eigenvalue weighted by Crippen LogP contribution is -2.19. The molecule has 126 valence electrons. The Labute approximate surface area is 148 Å². The average Bonchev–Trinajstić information content (AvgIpc) is 2.97. The fraction of sp³-hybridized carbons (Fsp3) is 0.0556. The highest BCUT2D eigenvalue weighted by molar-refractivity contribution is 8.18. The van der Waals surface area contributed by atoms with Crippen molar-refractivity contribution in [1.82, 2.24) is 5.32 Å². The number of hydrogen-bond donors (Lipinski definition) is 2. The Morgan fingerprint density at radius 2 is 2.00 bits per heavy atom. The molecule has 1 heterocycles. The van der Waals surface area contributed by atoms with Crippen molar-refractivity contribution in [2.45, 2.75) is 0 Å². The Balaban J connectivity index is 1.73. The molecule has 1 aliphatic rings. The molecule has 0 atom stereocenters. The van der Waals surface area contributed by atoms with Crippen LogP contribution in [0.5, 0.6) is 11.5 Å². The summed E-state index contributed by atoms with van der Waals surface area (Å²) >= 11 is 1.21. The monoisotopic (exact) mass is 353 g/mol. The van der Waals surface area contributed by atoms with E-state index in [0.717, 1.165) is 5.56 Å². The third-order valence-electron chi connectivity index (χ3n) is 3.33. The molecule has 25 heavy (non-hydrogen) atoms. The van der Waals surface area contributed by atoms with Crippen LogP contribution >= 0.6 is 11.8 Å². The summed E-state index contributed by atoms with van der Waals surface area (Å²) in [6.45, 7) is 0. The Bertz CT molecular complexity index is 876. The zero-order chi connectivity index (χ0) is 17.6. The highest BCUT2D eigenvalue weighted by atomic mass is 32.2. The zero-order valence-electron chi connectivity index (χ0n) is 13.3. The molecule has 0 bridgehead atoms. The number of nitrogens with one attached hydrogen (secondary N) is 1. The van der Waals surface area contributed by atoms with Crippen LogP contribution in [0.2, 0.25) is 0 Å². The van der Waals surface area contributed by atoms with Gasteiger partial charge in [0.15, 0.2) is 5.17 Å². The van der Waals surface area contributed by atoms with E-state index in [1.807, 2.05) is 30.3 Å². The van der Waals surface area contributed by atoms with Crippen molar-refractivity contribution < 1.29 is 14.6 Å². The number of rotatable bonds is 4. The lowest BCUT2D eigenvalue weighted by Gasteiger charge is -2.02. The zero-order valence-corrected chi connectivity index (χ0v) is 14.2. The van der Waals surface area contributed by atoms with Crippen LogP contribution in [-0.2, 0) is 4.79 Å². The van der Waals surface area contributed by atoms with Gasteiger partial charge in [0.1, 0.15) is 11.5 Å². The Kier molecular flexibility index (Phi) is 5.15. The summed E-state index contributed by atoms with van der Waals surface area (Å²) in [5.74, 6) is 0.452. The van der Waals surface area contributed by atoms with Crippen LogP contribution in [0.25, 0.3) is 6.08 Å². The van der Waals surface area contributed by atoms with Gasteiger partial charge in [-0.05, 0) is 41.6 Å². The maximum absolute atomic E-state index is 12.0. The van der Waals surface area contributed by atoms with Gasteiger partial charge < -0.3 is 9.84 Å². The first kappa shape index (κ1) is 16.8. The first-order valence-electron chi connectivity index (χ1n) is 7.39. The van der Waals surface area contributed by atoms with Crippen molar-refractivity contribution >= 4 is 35.1 Å². The molecule has 1 saturated heterocycles. The smallest absolute Gasteiger partial charge is 0.264 e. The van der Waals surface area contributed by atoms with Crippen LogP contribution in [-0.4, -0.2) is 29.5 Å². The number of phenolic OH excluding ortho intramolecular Hbond substituents is 1. The van der Waals surface area contributed by atoms with Crippen LogP contribution in [0.15, 0.2) is 63.6 Å². The predicted molar refractivity (Wildman–Crippen MR) is 99.8 cm³/mol. The highest BCUT2D eigenvalue weighted by Crippen LogP contribution is 2.26. The number of methoxy groups -OCH3 is 1. The van der Waals surface area contributed by atoms with Crippen molar-refractivity contribution in [2.24, 2.45) is 10.2 Å². The van der Waals surface area contributed by atoms with E-state index in [2.05, 4.69) is 15.5 Å². The average molecular weight is 353 g/mol. The van der Waals surface area contributed by atoms with Gasteiger partial charge in [0.25, 0.3) is 5.91 Å². The number of phenols is 1. The second-order valence-corrected chi connectivity index (χ2v) is 6.08. The second-order valence-electron chi connectivity index (χ2n) is 5.05. The SMILES string of the molecule is COc1ccc(O)c(/C=N\N=C2/NC(=O)/C(=C\c3ccccc3)S2)c1. The molecule has 1 aliphatic heterocycles. The molecule has 2 aromatic carbocycles. The molecule has 0 aliphatic carbocycles. The molecule has 1 amide bonds. The van der Waals surface area contributed by atoms with Gasteiger partial charge >= 0.3 is 0 Å². The number of benzene rings is 2. The van der Waals surface area contributed by atoms with E-state index in [-0.39, 0.29) is 11.7 Å². The van der Waals surface area contributed by atoms with E-state index in [1.165, 1.54) is 24.0 Å². The minimum Gasteiger partial charge on any atom is -0.507 e. The van der Waals surface area contributed by atoms with Crippen LogP contribution in [0.4, 0.5) is 0 Å². The quantitative estimate of drug-likeness (QED) is 0.503. The number of nitrogens with zero attached hydrogens (tertiary/aromatic N) is 2. The summed E-state index contributed by atoms with van der Waals surface area (Å²) in [6.07, 6.45) is 3.19. The molecule has 6 nitrogen and oxygen atoms in total. The first-order chi connectivity index (χ1) is 12.2. The number of thioether (sulfide) groups is 1. The second kappa shape index (κ2) is 7.67. The van der Waals surface area contributed by atoms with Gasteiger partial charge in [0.05, 0.1) is 18.2 Å².